The normalized spacial score (nSPS) is 16.8. The number of alkyl carbamates (subject to hydrolysis) is 3. The van der Waals surface area contributed by atoms with Gasteiger partial charge in [0.15, 0.2) is 0 Å². The number of imide groups is 3. The van der Waals surface area contributed by atoms with Crippen LogP contribution >= 0.6 is 0 Å². The first-order valence-electron chi connectivity index (χ1n) is 35.5. The highest BCUT2D eigenvalue weighted by Gasteiger charge is 2.49. The lowest BCUT2D eigenvalue weighted by atomic mass is 9.95. The summed E-state index contributed by atoms with van der Waals surface area (Å²) in [6.07, 6.45) is 6.69. The Balaban J connectivity index is 0.000000162. The van der Waals surface area contributed by atoms with Crippen molar-refractivity contribution in [3.8, 4) is 85.3 Å². The first kappa shape index (κ1) is 78.0. The molecule has 3 atom stereocenters. The van der Waals surface area contributed by atoms with Gasteiger partial charge >= 0.3 is 18.3 Å². The Bertz CT molecular complexity index is 4980. The number of hydrogen-bond donors (Lipinski definition) is 3. The van der Waals surface area contributed by atoms with Gasteiger partial charge in [0.25, 0.3) is 17.7 Å². The summed E-state index contributed by atoms with van der Waals surface area (Å²) in [5.41, 5.74) is 7.80. The minimum atomic E-state index is -1.39. The Labute approximate surface area is 639 Å². The number of fused-ring (bicyclic) bond motifs is 3. The molecule has 3 aliphatic rings. The number of amides is 6. The average molecular weight is 1480 g/mol. The summed E-state index contributed by atoms with van der Waals surface area (Å²) in [7, 11) is 4.97. The number of benzene rings is 10. The highest BCUT2D eigenvalue weighted by molar-refractivity contribution is 6.05. The molecule has 20 nitrogen and oxygen atoms in total. The fourth-order valence-electron chi connectivity index (χ4n) is 13.5. The minimum absolute atomic E-state index is 0. The van der Waals surface area contributed by atoms with Gasteiger partial charge in [-0.3, -0.25) is 40.3 Å². The number of methoxy groups -OCH3 is 3. The van der Waals surface area contributed by atoms with Crippen molar-refractivity contribution in [2.75, 3.05) is 21.3 Å². The molecule has 110 heavy (non-hydrogen) atoms. The third-order valence-corrected chi connectivity index (χ3v) is 19.3. The quantitative estimate of drug-likeness (QED) is 0.0566. The molecular weight excluding hydrogens is 1390 g/mol. The summed E-state index contributed by atoms with van der Waals surface area (Å²) in [4.78, 5) is 80.9. The fraction of sp³-hybridized carbons (Fsp3) is 0.222. The first-order chi connectivity index (χ1) is 52.2. The van der Waals surface area contributed by atoms with E-state index in [0.29, 0.717) is 33.9 Å². The zero-order chi connectivity index (χ0) is 75.9. The molecule has 6 amide bonds. The van der Waals surface area contributed by atoms with Gasteiger partial charge in [-0.25, -0.2) is 14.4 Å². The molecule has 562 valence electrons. The molecule has 3 aliphatic heterocycles. The molecule has 10 aromatic carbocycles. The minimum Gasteiger partial charge on any atom is -0.497 e. The van der Waals surface area contributed by atoms with E-state index in [1.165, 1.54) is 0 Å². The van der Waals surface area contributed by atoms with Gasteiger partial charge in [0.1, 0.15) is 51.7 Å². The van der Waals surface area contributed by atoms with E-state index in [2.05, 4.69) is 95.2 Å². The maximum absolute atomic E-state index is 12.3. The Morgan fingerprint density at radius 2 is 0.727 bits per heavy atom. The van der Waals surface area contributed by atoms with Crippen LogP contribution in [0.15, 0.2) is 225 Å². The number of carbonyl (C=O) groups is 6. The van der Waals surface area contributed by atoms with Gasteiger partial charge in [-0.1, -0.05) is 128 Å². The number of pyridine rings is 2. The Morgan fingerprint density at radius 3 is 1.15 bits per heavy atom. The van der Waals surface area contributed by atoms with Gasteiger partial charge in [-0.2, -0.15) is 0 Å². The number of aryl methyl sites for hydroxylation is 3. The van der Waals surface area contributed by atoms with E-state index in [0.717, 1.165) is 156 Å². The summed E-state index contributed by atoms with van der Waals surface area (Å²) in [6, 6.07) is 67.8. The number of nitrogens with zero attached hydrogens (tertiary/aromatic N) is 2. The van der Waals surface area contributed by atoms with E-state index in [1.54, 1.807) is 109 Å². The summed E-state index contributed by atoms with van der Waals surface area (Å²) in [5.74, 6) is 4.77. The summed E-state index contributed by atoms with van der Waals surface area (Å²) in [5, 5.41) is 12.0. The van der Waals surface area contributed by atoms with E-state index in [9.17, 15) is 28.8 Å². The van der Waals surface area contributed by atoms with Crippen molar-refractivity contribution >= 4 is 68.4 Å². The van der Waals surface area contributed by atoms with E-state index in [-0.39, 0.29) is 14.9 Å². The molecule has 2 aromatic heterocycles. The van der Waals surface area contributed by atoms with Gasteiger partial charge in [0.2, 0.25) is 16.8 Å². The second-order valence-electron chi connectivity index (χ2n) is 26.6. The van der Waals surface area contributed by atoms with Crippen LogP contribution in [0.4, 0.5) is 14.4 Å². The van der Waals surface area contributed by atoms with Crippen LogP contribution in [0.25, 0.3) is 66.0 Å². The topological polar surface area (TPSA) is 247 Å². The maximum atomic E-state index is 12.3. The fourth-order valence-corrected chi connectivity index (χ4v) is 13.5. The lowest BCUT2D eigenvalue weighted by Gasteiger charge is -2.20. The summed E-state index contributed by atoms with van der Waals surface area (Å²) < 4.78 is 50.7. The SMILES string of the molecule is C.C.CCCc1cc(-c2cccc3cc(OC)ccc23)ccc1Oc1cccc([C@@]2(C)OC(=O)NC2=O)c1.CCCc1cc(-c2ccnc3cc(OC)ccc23)ccc1Oc1cccc([C@@]2(C)OC(=O)NC2=O)c1.CCCc1cc(-c2nccc3cc(OC)ccc23)ccc1Oc1cccc([C@@]2(C)OC(=O)NC2=O)c1. The Kier molecular flexibility index (Phi) is 23.7. The predicted molar refractivity (Wildman–Crippen MR) is 424 cm³/mol. The largest absolute Gasteiger partial charge is 0.497 e. The van der Waals surface area contributed by atoms with Crippen molar-refractivity contribution in [2.45, 2.75) is 112 Å². The number of cyclic esters (lactones) is 3. The highest BCUT2D eigenvalue weighted by atomic mass is 16.6. The summed E-state index contributed by atoms with van der Waals surface area (Å²) >= 11 is 0. The molecule has 0 aliphatic carbocycles. The Hall–Kier alpha value is -13.1. The number of ether oxygens (including phenoxy) is 9. The van der Waals surface area contributed by atoms with Crippen LogP contribution in [-0.2, 0) is 64.7 Å². The highest BCUT2D eigenvalue weighted by Crippen LogP contribution is 2.42. The first-order valence-corrected chi connectivity index (χ1v) is 35.5. The molecule has 15 rings (SSSR count). The van der Waals surface area contributed by atoms with Crippen molar-refractivity contribution in [2.24, 2.45) is 0 Å². The number of carbonyl (C=O) groups excluding carboxylic acids is 6. The number of aromatic nitrogens is 2. The third-order valence-electron chi connectivity index (χ3n) is 19.3. The lowest BCUT2D eigenvalue weighted by molar-refractivity contribution is -0.131. The van der Waals surface area contributed by atoms with E-state index >= 15 is 0 Å². The molecule has 0 unspecified atom stereocenters. The third kappa shape index (κ3) is 16.3. The van der Waals surface area contributed by atoms with Gasteiger partial charge in [-0.05, 0) is 229 Å². The van der Waals surface area contributed by atoms with Gasteiger partial charge in [0, 0.05) is 51.5 Å². The second-order valence-corrected chi connectivity index (χ2v) is 26.6. The van der Waals surface area contributed by atoms with Crippen molar-refractivity contribution in [3.63, 3.8) is 0 Å². The van der Waals surface area contributed by atoms with Crippen molar-refractivity contribution in [3.05, 3.63) is 258 Å². The lowest BCUT2D eigenvalue weighted by Crippen LogP contribution is -2.33. The van der Waals surface area contributed by atoms with Crippen LogP contribution in [0, 0.1) is 0 Å². The van der Waals surface area contributed by atoms with Crippen molar-refractivity contribution in [1.29, 1.82) is 0 Å². The second kappa shape index (κ2) is 33.4. The molecule has 3 N–H and O–H groups in total. The van der Waals surface area contributed by atoms with E-state index < -0.39 is 52.8 Å². The molecule has 0 saturated carbocycles. The summed E-state index contributed by atoms with van der Waals surface area (Å²) in [6.45, 7) is 11.1. The molecule has 0 spiro atoms. The zero-order valence-electron chi connectivity index (χ0n) is 61.1. The number of rotatable bonds is 21. The molecule has 5 heterocycles. The molecule has 0 bridgehead atoms. The monoisotopic (exact) mass is 1480 g/mol. The zero-order valence-corrected chi connectivity index (χ0v) is 61.1. The van der Waals surface area contributed by atoms with Crippen LogP contribution in [0.1, 0.15) is 109 Å². The van der Waals surface area contributed by atoms with Crippen molar-refractivity contribution < 1.29 is 71.4 Å². The molecule has 0 radical (unpaired) electrons. The van der Waals surface area contributed by atoms with Crippen LogP contribution in [0.5, 0.6) is 51.7 Å². The Morgan fingerprint density at radius 1 is 0.355 bits per heavy atom. The molecule has 12 aromatic rings. The van der Waals surface area contributed by atoms with Crippen LogP contribution in [0.2, 0.25) is 0 Å². The predicted octanol–water partition coefficient (Wildman–Crippen LogP) is 20.3. The van der Waals surface area contributed by atoms with E-state index in [1.807, 2.05) is 109 Å². The standard InChI is InChI=1S/C30H27NO5.2C29H26N2O5.2CH4/c1-4-7-21-16-20(25-11-5-8-19-17-23(34-3)13-14-26(19)25)12-15-27(21)35-24-10-6-9-22(18-24)30(2)28(32)31-29(33)36-30;1-4-6-19-15-20(26-24-11-10-22(34-3)16-18(24)13-14-30-26)9-12-25(19)35-23-8-5-7-21(17-23)29(2)27(32)31-28(33)36-29;1-4-6-19-15-18(23-13-14-30-25-17-21(34-3)10-11-24(23)25)9-12-26(19)35-22-8-5-7-20(16-22)29(2)27(32)31-28(33)36-29;;/h5-6,8-18H,4,7H2,1-3H3,(H,31,32,33);2*5,7-17H,4,6H2,1-3H3,(H,31,32,33);2*1H4/t30-;2*29-;;/m111../s1. The van der Waals surface area contributed by atoms with E-state index in [4.69, 9.17) is 42.6 Å². The molecule has 20 heteroatoms. The average Bonchev–Trinajstić information content (AvgIpc) is 1.56. The molecule has 3 fully saturated rings. The van der Waals surface area contributed by atoms with Crippen molar-refractivity contribution in [1.82, 2.24) is 25.9 Å². The number of hydrogen-bond acceptors (Lipinski definition) is 17. The smallest absolute Gasteiger partial charge is 0.415 e. The van der Waals surface area contributed by atoms with Crippen LogP contribution < -0.4 is 44.4 Å². The molecular formula is C90H87N5O15. The number of nitrogens with one attached hydrogen (secondary N) is 3. The van der Waals surface area contributed by atoms with Gasteiger partial charge < -0.3 is 42.6 Å². The van der Waals surface area contributed by atoms with Gasteiger partial charge in [0.05, 0.1) is 32.5 Å². The maximum Gasteiger partial charge on any atom is 0.415 e. The van der Waals surface area contributed by atoms with Gasteiger partial charge in [-0.15, -0.1) is 0 Å². The van der Waals surface area contributed by atoms with Crippen LogP contribution in [-0.4, -0.2) is 67.3 Å². The van der Waals surface area contributed by atoms with Crippen LogP contribution in [0.3, 0.4) is 0 Å². The molecule has 3 saturated heterocycles.